The summed E-state index contributed by atoms with van der Waals surface area (Å²) in [4.78, 5) is 4.25. The highest BCUT2D eigenvalue weighted by atomic mass is 32.1. The molecule has 0 aliphatic carbocycles. The molecule has 1 heterocycles. The van der Waals surface area contributed by atoms with E-state index in [1.54, 1.807) is 17.5 Å². The lowest BCUT2D eigenvalue weighted by Gasteiger charge is -2.23. The van der Waals surface area contributed by atoms with E-state index >= 15 is 0 Å². The lowest BCUT2D eigenvalue weighted by molar-refractivity contribution is 0.304. The first-order valence-electron chi connectivity index (χ1n) is 5.58. The van der Waals surface area contributed by atoms with Crippen molar-refractivity contribution in [1.82, 2.24) is 10.3 Å². The number of oxime groups is 1. The Morgan fingerprint density at radius 2 is 2.41 bits per heavy atom. The summed E-state index contributed by atoms with van der Waals surface area (Å²) in [5, 5.41) is 18.1. The summed E-state index contributed by atoms with van der Waals surface area (Å²) < 4.78 is 0. The molecule has 1 aromatic rings. The Morgan fingerprint density at radius 3 is 2.94 bits per heavy atom. The average molecular weight is 256 g/mol. The van der Waals surface area contributed by atoms with E-state index in [2.05, 4.69) is 22.4 Å². The van der Waals surface area contributed by atoms with Crippen LogP contribution in [0.3, 0.4) is 0 Å². The fraction of sp³-hybridized carbons (Fsp3) is 0.636. The molecule has 0 aromatic carbocycles. The molecule has 0 aliphatic rings. The second kappa shape index (κ2) is 5.97. The van der Waals surface area contributed by atoms with Crippen molar-refractivity contribution in [2.24, 2.45) is 16.3 Å². The number of nitrogens with zero attached hydrogens (tertiary/aromatic N) is 2. The fourth-order valence-corrected chi connectivity index (χ4v) is 2.07. The molecule has 1 atom stereocenters. The molecule has 0 spiro atoms. The van der Waals surface area contributed by atoms with Crippen LogP contribution in [-0.4, -0.2) is 22.6 Å². The van der Waals surface area contributed by atoms with Gasteiger partial charge >= 0.3 is 0 Å². The molecular weight excluding hydrogens is 236 g/mol. The van der Waals surface area contributed by atoms with E-state index in [9.17, 15) is 0 Å². The van der Waals surface area contributed by atoms with Gasteiger partial charge in [0.2, 0.25) is 0 Å². The molecule has 0 radical (unpaired) electrons. The predicted octanol–water partition coefficient (Wildman–Crippen LogP) is 1.96. The van der Waals surface area contributed by atoms with Crippen molar-refractivity contribution in [3.05, 3.63) is 16.6 Å². The number of rotatable bonds is 6. The van der Waals surface area contributed by atoms with Crippen LogP contribution < -0.4 is 11.1 Å². The fourth-order valence-electron chi connectivity index (χ4n) is 1.40. The molecule has 0 bridgehead atoms. The molecule has 4 N–H and O–H groups in total. The summed E-state index contributed by atoms with van der Waals surface area (Å²) in [7, 11) is 0. The minimum Gasteiger partial charge on any atom is -0.409 e. The summed E-state index contributed by atoms with van der Waals surface area (Å²) in [5.74, 6) is 0.265. The van der Waals surface area contributed by atoms with E-state index in [4.69, 9.17) is 10.9 Å². The first kappa shape index (κ1) is 13.9. The molecule has 0 fully saturated rings. The maximum absolute atomic E-state index is 8.66. The van der Waals surface area contributed by atoms with Gasteiger partial charge in [0.1, 0.15) is 10.8 Å². The van der Waals surface area contributed by atoms with Crippen molar-refractivity contribution in [2.45, 2.75) is 33.2 Å². The third-order valence-corrected chi connectivity index (χ3v) is 3.78. The van der Waals surface area contributed by atoms with Gasteiger partial charge < -0.3 is 16.3 Å². The van der Waals surface area contributed by atoms with Gasteiger partial charge in [-0.2, -0.15) is 0 Å². The Balaban J connectivity index is 2.38. The maximum Gasteiger partial charge on any atom is 0.144 e. The van der Waals surface area contributed by atoms with E-state index in [0.29, 0.717) is 0 Å². The quantitative estimate of drug-likeness (QED) is 0.314. The Labute approximate surface area is 106 Å². The topological polar surface area (TPSA) is 83.5 Å². The van der Waals surface area contributed by atoms with Gasteiger partial charge in [-0.25, -0.2) is 4.98 Å². The molecule has 1 unspecified atom stereocenters. The monoisotopic (exact) mass is 256 g/mol. The summed E-state index contributed by atoms with van der Waals surface area (Å²) in [6, 6.07) is 0.234. The summed E-state index contributed by atoms with van der Waals surface area (Å²) in [5.41, 5.74) is 5.32. The highest BCUT2D eigenvalue weighted by Crippen LogP contribution is 2.21. The van der Waals surface area contributed by atoms with E-state index in [1.165, 1.54) is 0 Å². The van der Waals surface area contributed by atoms with Crippen molar-refractivity contribution in [2.75, 3.05) is 6.54 Å². The van der Waals surface area contributed by atoms with Gasteiger partial charge in [-0.15, -0.1) is 11.3 Å². The second-order valence-electron chi connectivity index (χ2n) is 4.67. The minimum absolute atomic E-state index is 0.234. The summed E-state index contributed by atoms with van der Waals surface area (Å²) in [6.45, 7) is 6.79. The number of nitrogens with one attached hydrogen (secondary N) is 1. The van der Waals surface area contributed by atoms with Crippen LogP contribution in [0.1, 0.15) is 38.2 Å². The van der Waals surface area contributed by atoms with Gasteiger partial charge in [0, 0.05) is 17.0 Å². The van der Waals surface area contributed by atoms with Crippen molar-refractivity contribution in [3.63, 3.8) is 0 Å². The Hall–Kier alpha value is -1.14. The molecule has 0 saturated carbocycles. The smallest absolute Gasteiger partial charge is 0.144 e. The van der Waals surface area contributed by atoms with Gasteiger partial charge in [-0.3, -0.25) is 0 Å². The Morgan fingerprint density at radius 1 is 1.71 bits per heavy atom. The van der Waals surface area contributed by atoms with Gasteiger partial charge in [0.25, 0.3) is 0 Å². The number of aromatic nitrogens is 1. The van der Waals surface area contributed by atoms with E-state index in [-0.39, 0.29) is 17.3 Å². The number of nitrogens with two attached hydrogens (primary N) is 1. The molecule has 0 amide bonds. The normalized spacial score (nSPS) is 14.9. The van der Waals surface area contributed by atoms with E-state index < -0.39 is 0 Å². The minimum atomic E-state index is -0.301. The predicted molar refractivity (Wildman–Crippen MR) is 70.3 cm³/mol. The first-order chi connectivity index (χ1) is 7.97. The van der Waals surface area contributed by atoms with Crippen LogP contribution in [-0.2, 0) is 0 Å². The van der Waals surface area contributed by atoms with Crippen molar-refractivity contribution in [1.29, 1.82) is 0 Å². The molecular formula is C11H20N4OS. The number of hydrogen-bond donors (Lipinski definition) is 3. The second-order valence-corrected chi connectivity index (χ2v) is 5.59. The zero-order valence-electron chi connectivity index (χ0n) is 10.5. The van der Waals surface area contributed by atoms with E-state index in [1.807, 2.05) is 19.2 Å². The van der Waals surface area contributed by atoms with Crippen molar-refractivity contribution in [3.8, 4) is 0 Å². The molecule has 17 heavy (non-hydrogen) atoms. The SMILES string of the molecule is CC(NCCC(C)(C)C(N)=NO)c1nccs1. The highest BCUT2D eigenvalue weighted by molar-refractivity contribution is 7.09. The van der Waals surface area contributed by atoms with Crippen molar-refractivity contribution < 1.29 is 5.21 Å². The van der Waals surface area contributed by atoms with Gasteiger partial charge in [0.05, 0.1) is 6.04 Å². The zero-order chi connectivity index (χ0) is 12.9. The lowest BCUT2D eigenvalue weighted by Crippen LogP contribution is -2.35. The molecule has 96 valence electrons. The number of hydrogen-bond acceptors (Lipinski definition) is 5. The van der Waals surface area contributed by atoms with Crippen molar-refractivity contribution >= 4 is 17.2 Å². The molecule has 6 heteroatoms. The summed E-state index contributed by atoms with van der Waals surface area (Å²) in [6.07, 6.45) is 2.61. The van der Waals surface area contributed by atoms with Crippen LogP contribution in [0.5, 0.6) is 0 Å². The van der Waals surface area contributed by atoms with Gasteiger partial charge in [-0.1, -0.05) is 19.0 Å². The van der Waals surface area contributed by atoms with Crippen LogP contribution in [0.25, 0.3) is 0 Å². The Bertz CT molecular complexity index is 362. The first-order valence-corrected chi connectivity index (χ1v) is 6.46. The maximum atomic E-state index is 8.66. The van der Waals surface area contributed by atoms with Crippen LogP contribution in [0.15, 0.2) is 16.7 Å². The number of amidine groups is 1. The standard InChI is InChI=1S/C11H20N4OS/c1-8(9-14-6-7-17-9)13-5-4-11(2,3)10(12)15-16/h6-8,13,16H,4-5H2,1-3H3,(H2,12,15). The van der Waals surface area contributed by atoms with Crippen LogP contribution in [0, 0.1) is 5.41 Å². The van der Waals surface area contributed by atoms with Crippen LogP contribution in [0.4, 0.5) is 0 Å². The largest absolute Gasteiger partial charge is 0.409 e. The molecule has 1 rings (SSSR count). The average Bonchev–Trinajstić information content (AvgIpc) is 2.80. The molecule has 0 aliphatic heterocycles. The third kappa shape index (κ3) is 3.98. The molecule has 0 saturated heterocycles. The Kier molecular flexibility index (Phi) is 4.89. The zero-order valence-corrected chi connectivity index (χ0v) is 11.3. The van der Waals surface area contributed by atoms with Crippen LogP contribution >= 0.6 is 11.3 Å². The van der Waals surface area contributed by atoms with Gasteiger partial charge in [0.15, 0.2) is 0 Å². The third-order valence-electron chi connectivity index (χ3n) is 2.82. The highest BCUT2D eigenvalue weighted by Gasteiger charge is 2.23. The van der Waals surface area contributed by atoms with Gasteiger partial charge in [-0.05, 0) is 19.9 Å². The van der Waals surface area contributed by atoms with E-state index in [0.717, 1.165) is 18.0 Å². The molecule has 1 aromatic heterocycles. The lowest BCUT2D eigenvalue weighted by atomic mass is 9.88. The number of thiazole rings is 1. The summed E-state index contributed by atoms with van der Waals surface area (Å²) >= 11 is 1.64. The van der Waals surface area contributed by atoms with Crippen LogP contribution in [0.2, 0.25) is 0 Å². The molecule has 5 nitrogen and oxygen atoms in total.